The SMILES string of the molecule is O=C1C=CC(c2oc3cc(CC4CCCCC4)ccc3c(=O)c2O)=CC1=O. The van der Waals surface area contributed by atoms with Crippen molar-refractivity contribution in [1.29, 1.82) is 0 Å². The monoisotopic (exact) mass is 364 g/mol. The van der Waals surface area contributed by atoms with Gasteiger partial charge in [0.05, 0.1) is 5.39 Å². The van der Waals surface area contributed by atoms with Crippen LogP contribution < -0.4 is 5.43 Å². The van der Waals surface area contributed by atoms with E-state index in [1.54, 1.807) is 6.07 Å². The van der Waals surface area contributed by atoms with Crippen molar-refractivity contribution < 1.29 is 19.1 Å². The second kappa shape index (κ2) is 6.99. The predicted octanol–water partition coefficient (Wildman–Crippen LogP) is 3.71. The van der Waals surface area contributed by atoms with E-state index in [-0.39, 0.29) is 11.3 Å². The molecule has 4 rings (SSSR count). The van der Waals surface area contributed by atoms with Crippen LogP contribution in [0.4, 0.5) is 0 Å². The van der Waals surface area contributed by atoms with Crippen LogP contribution in [0.5, 0.6) is 5.75 Å². The summed E-state index contributed by atoms with van der Waals surface area (Å²) in [5.41, 5.74) is 1.14. The van der Waals surface area contributed by atoms with Gasteiger partial charge in [-0.05, 0) is 42.2 Å². The average molecular weight is 364 g/mol. The molecule has 138 valence electrons. The van der Waals surface area contributed by atoms with Gasteiger partial charge in [0, 0.05) is 11.6 Å². The highest BCUT2D eigenvalue weighted by Crippen LogP contribution is 2.31. The molecule has 0 spiro atoms. The third kappa shape index (κ3) is 3.37. The molecule has 0 atom stereocenters. The Morgan fingerprint density at radius 1 is 1.00 bits per heavy atom. The van der Waals surface area contributed by atoms with Crippen LogP contribution in [0, 0.1) is 5.92 Å². The van der Waals surface area contributed by atoms with Gasteiger partial charge in [-0.3, -0.25) is 14.4 Å². The number of ketones is 2. The van der Waals surface area contributed by atoms with Crippen LogP contribution in [0.2, 0.25) is 0 Å². The van der Waals surface area contributed by atoms with Gasteiger partial charge in [-0.15, -0.1) is 0 Å². The van der Waals surface area contributed by atoms with E-state index in [0.29, 0.717) is 16.9 Å². The van der Waals surface area contributed by atoms with Crippen LogP contribution in [0.25, 0.3) is 16.5 Å². The summed E-state index contributed by atoms with van der Waals surface area (Å²) in [6.07, 6.45) is 10.8. The van der Waals surface area contributed by atoms with Crippen molar-refractivity contribution in [3.8, 4) is 5.75 Å². The van der Waals surface area contributed by atoms with Gasteiger partial charge < -0.3 is 9.52 Å². The Morgan fingerprint density at radius 2 is 1.78 bits per heavy atom. The van der Waals surface area contributed by atoms with Crippen molar-refractivity contribution in [3.63, 3.8) is 0 Å². The molecule has 5 nitrogen and oxygen atoms in total. The van der Waals surface area contributed by atoms with Crippen LogP contribution in [-0.4, -0.2) is 16.7 Å². The van der Waals surface area contributed by atoms with Gasteiger partial charge in [0.2, 0.25) is 22.7 Å². The van der Waals surface area contributed by atoms with Crippen molar-refractivity contribution in [2.45, 2.75) is 38.5 Å². The Hall–Kier alpha value is -2.95. The third-order valence-corrected chi connectivity index (χ3v) is 5.39. The molecule has 0 bridgehead atoms. The number of carbonyl (C=O) groups is 2. The smallest absolute Gasteiger partial charge is 0.235 e. The van der Waals surface area contributed by atoms with Crippen molar-refractivity contribution in [3.05, 3.63) is 58.0 Å². The van der Waals surface area contributed by atoms with Crippen LogP contribution in [0.3, 0.4) is 0 Å². The lowest BCUT2D eigenvalue weighted by Crippen LogP contribution is -2.12. The Morgan fingerprint density at radius 3 is 2.52 bits per heavy atom. The van der Waals surface area contributed by atoms with Crippen molar-refractivity contribution in [2.24, 2.45) is 5.92 Å². The number of benzene rings is 1. The molecule has 1 N–H and O–H groups in total. The number of fused-ring (bicyclic) bond motifs is 1. The van der Waals surface area contributed by atoms with Crippen LogP contribution >= 0.6 is 0 Å². The molecule has 2 aliphatic rings. The topological polar surface area (TPSA) is 84.6 Å². The van der Waals surface area contributed by atoms with Crippen LogP contribution in [-0.2, 0) is 16.0 Å². The Balaban J connectivity index is 1.75. The first-order valence-corrected chi connectivity index (χ1v) is 9.30. The highest BCUT2D eigenvalue weighted by atomic mass is 16.4. The largest absolute Gasteiger partial charge is 0.502 e. The summed E-state index contributed by atoms with van der Waals surface area (Å²) in [7, 11) is 0. The van der Waals surface area contributed by atoms with E-state index in [0.717, 1.165) is 24.1 Å². The normalized spacial score (nSPS) is 18.1. The lowest BCUT2D eigenvalue weighted by Gasteiger charge is -2.21. The van der Waals surface area contributed by atoms with E-state index < -0.39 is 22.7 Å². The summed E-state index contributed by atoms with van der Waals surface area (Å²) < 4.78 is 5.79. The molecular weight excluding hydrogens is 344 g/mol. The lowest BCUT2D eigenvalue weighted by molar-refractivity contribution is -0.131. The molecular formula is C22H20O5. The molecule has 1 heterocycles. The minimum absolute atomic E-state index is 0.0839. The summed E-state index contributed by atoms with van der Waals surface area (Å²) in [6, 6.07) is 5.44. The molecule has 0 aliphatic heterocycles. The van der Waals surface area contributed by atoms with E-state index in [1.165, 1.54) is 38.2 Å². The number of carbonyl (C=O) groups excluding carboxylic acids is 2. The molecule has 5 heteroatoms. The number of rotatable bonds is 3. The molecule has 0 radical (unpaired) electrons. The van der Waals surface area contributed by atoms with Crippen molar-refractivity contribution in [1.82, 2.24) is 0 Å². The lowest BCUT2D eigenvalue weighted by atomic mass is 9.85. The first-order valence-electron chi connectivity index (χ1n) is 9.30. The quantitative estimate of drug-likeness (QED) is 0.663. The zero-order chi connectivity index (χ0) is 19.0. The zero-order valence-corrected chi connectivity index (χ0v) is 14.9. The predicted molar refractivity (Wildman–Crippen MR) is 102 cm³/mol. The zero-order valence-electron chi connectivity index (χ0n) is 14.9. The molecule has 1 saturated carbocycles. The fourth-order valence-electron chi connectivity index (χ4n) is 3.92. The van der Waals surface area contributed by atoms with Gasteiger partial charge >= 0.3 is 0 Å². The number of hydrogen-bond acceptors (Lipinski definition) is 5. The highest BCUT2D eigenvalue weighted by Gasteiger charge is 2.22. The van der Waals surface area contributed by atoms with Gasteiger partial charge in [0.25, 0.3) is 0 Å². The molecule has 1 aromatic heterocycles. The van der Waals surface area contributed by atoms with Gasteiger partial charge in [-0.25, -0.2) is 0 Å². The number of hydrogen-bond donors (Lipinski definition) is 1. The second-order valence-corrected chi connectivity index (χ2v) is 7.31. The molecule has 1 fully saturated rings. The fraction of sp³-hybridized carbons (Fsp3) is 0.318. The first kappa shape index (κ1) is 17.5. The summed E-state index contributed by atoms with van der Waals surface area (Å²) in [5, 5.41) is 10.6. The Bertz CT molecular complexity index is 1050. The Kier molecular flexibility index (Phi) is 4.52. The summed E-state index contributed by atoms with van der Waals surface area (Å²) in [5.74, 6) is -1.34. The molecule has 1 aromatic carbocycles. The molecule has 0 saturated heterocycles. The molecule has 0 amide bonds. The van der Waals surface area contributed by atoms with Crippen LogP contribution in [0.1, 0.15) is 43.4 Å². The molecule has 2 aromatic rings. The molecule has 2 aliphatic carbocycles. The molecule has 27 heavy (non-hydrogen) atoms. The number of aromatic hydroxyl groups is 1. The maximum absolute atomic E-state index is 12.5. The first-order chi connectivity index (χ1) is 13.0. The average Bonchev–Trinajstić information content (AvgIpc) is 2.68. The molecule has 0 unspecified atom stereocenters. The van der Waals surface area contributed by atoms with Crippen LogP contribution in [0.15, 0.2) is 45.6 Å². The van der Waals surface area contributed by atoms with Crippen molar-refractivity contribution in [2.75, 3.05) is 0 Å². The summed E-state index contributed by atoms with van der Waals surface area (Å²) >= 11 is 0. The maximum atomic E-state index is 12.5. The van der Waals surface area contributed by atoms with E-state index in [2.05, 4.69) is 0 Å². The van der Waals surface area contributed by atoms with E-state index in [9.17, 15) is 19.5 Å². The van der Waals surface area contributed by atoms with Gasteiger partial charge in [0.1, 0.15) is 5.58 Å². The van der Waals surface area contributed by atoms with Crippen molar-refractivity contribution >= 4 is 28.1 Å². The maximum Gasteiger partial charge on any atom is 0.235 e. The minimum atomic E-state index is -0.708. The second-order valence-electron chi connectivity index (χ2n) is 7.31. The summed E-state index contributed by atoms with van der Waals surface area (Å²) in [4.78, 5) is 35.5. The highest BCUT2D eigenvalue weighted by molar-refractivity contribution is 6.48. The Labute approximate surface area is 156 Å². The van der Waals surface area contributed by atoms with E-state index in [4.69, 9.17) is 4.42 Å². The van der Waals surface area contributed by atoms with E-state index >= 15 is 0 Å². The summed E-state index contributed by atoms with van der Waals surface area (Å²) in [6.45, 7) is 0. The fourth-order valence-corrected chi connectivity index (χ4v) is 3.92. The van der Waals surface area contributed by atoms with Gasteiger partial charge in [-0.1, -0.05) is 38.2 Å². The standard InChI is InChI=1S/C22H20O5/c23-17-9-7-15(12-18(17)24)22-21(26)20(25)16-8-6-14(11-19(16)27-22)10-13-4-2-1-3-5-13/h6-9,11-13,26H,1-5,10H2. The third-order valence-electron chi connectivity index (χ3n) is 5.39. The van der Waals surface area contributed by atoms with Gasteiger partial charge in [0.15, 0.2) is 5.76 Å². The minimum Gasteiger partial charge on any atom is -0.502 e. The van der Waals surface area contributed by atoms with E-state index in [1.807, 2.05) is 12.1 Å². The number of allylic oxidation sites excluding steroid dienone is 4. The van der Waals surface area contributed by atoms with Gasteiger partial charge in [-0.2, -0.15) is 0 Å².